The van der Waals surface area contributed by atoms with Crippen LogP contribution in [-0.2, 0) is 65.4 Å². The van der Waals surface area contributed by atoms with Crippen LogP contribution < -0.4 is 0 Å². The van der Waals surface area contributed by atoms with Crippen molar-refractivity contribution in [2.45, 2.75) is 489 Å². The van der Waals surface area contributed by atoms with Gasteiger partial charge >= 0.3 is 39.5 Å². The molecule has 0 aliphatic carbocycles. The minimum Gasteiger partial charge on any atom is -0.462 e. The number of hydrogen-bond acceptors (Lipinski definition) is 15. The smallest absolute Gasteiger partial charge is 0.462 e. The van der Waals surface area contributed by atoms with Gasteiger partial charge in [-0.3, -0.25) is 37.3 Å². The van der Waals surface area contributed by atoms with E-state index in [1.165, 1.54) is 302 Å². The summed E-state index contributed by atoms with van der Waals surface area (Å²) < 4.78 is 68.9. The lowest BCUT2D eigenvalue weighted by atomic mass is 10.0. The van der Waals surface area contributed by atoms with Gasteiger partial charge in [0.05, 0.1) is 26.4 Å². The Balaban J connectivity index is 5.24. The van der Waals surface area contributed by atoms with Crippen LogP contribution in [0.25, 0.3) is 0 Å². The predicted molar refractivity (Wildman–Crippen MR) is 432 cm³/mol. The third-order valence-electron chi connectivity index (χ3n) is 20.4. The van der Waals surface area contributed by atoms with E-state index in [4.69, 9.17) is 37.0 Å². The van der Waals surface area contributed by atoms with Crippen molar-refractivity contribution in [1.82, 2.24) is 0 Å². The van der Waals surface area contributed by atoms with Crippen molar-refractivity contribution >= 4 is 39.5 Å². The molecule has 19 heteroatoms. The van der Waals surface area contributed by atoms with Gasteiger partial charge in [0.15, 0.2) is 12.2 Å². The van der Waals surface area contributed by atoms with E-state index in [2.05, 4.69) is 27.7 Å². The van der Waals surface area contributed by atoms with E-state index in [0.29, 0.717) is 25.7 Å². The molecule has 0 rings (SSSR count). The van der Waals surface area contributed by atoms with Crippen LogP contribution in [-0.4, -0.2) is 96.7 Å². The zero-order valence-electron chi connectivity index (χ0n) is 68.7. The molecule has 0 saturated carbocycles. The van der Waals surface area contributed by atoms with Gasteiger partial charge < -0.3 is 33.8 Å². The molecule has 3 N–H and O–H groups in total. The lowest BCUT2D eigenvalue weighted by molar-refractivity contribution is -0.161. The summed E-state index contributed by atoms with van der Waals surface area (Å²) in [5.74, 6) is -2.10. The number of ether oxygens (including phenoxy) is 4. The van der Waals surface area contributed by atoms with Gasteiger partial charge in [-0.1, -0.05) is 419 Å². The van der Waals surface area contributed by atoms with Crippen LogP contribution in [0.5, 0.6) is 0 Å². The maximum Gasteiger partial charge on any atom is 0.472 e. The third-order valence-corrected chi connectivity index (χ3v) is 22.3. The van der Waals surface area contributed by atoms with Gasteiger partial charge in [0.25, 0.3) is 0 Å². The molecule has 0 aromatic carbocycles. The van der Waals surface area contributed by atoms with E-state index in [0.717, 1.165) is 89.9 Å². The fraction of sp³-hybridized carbons (Fsp3) is 0.953. The van der Waals surface area contributed by atoms with Crippen molar-refractivity contribution in [2.24, 2.45) is 0 Å². The third kappa shape index (κ3) is 79.9. The SMILES string of the molecule is CCCCCCCCCCCCCCCCCCCCCCCC(=O)O[C@H](COC(=O)CCCCCCCCCCCCCCCCCCC)COP(=O)(O)OC[C@@H](O)COP(=O)(O)OC[C@@H](COC(=O)CCCCCCCCCCCCCCC)OC(=O)CCCCCCCCCCCCCCCC. The zero-order valence-corrected chi connectivity index (χ0v) is 70.5. The lowest BCUT2D eigenvalue weighted by Crippen LogP contribution is -2.30. The zero-order chi connectivity index (χ0) is 76.7. The van der Waals surface area contributed by atoms with Crippen LogP contribution in [0.15, 0.2) is 0 Å². The number of aliphatic hydroxyl groups is 1. The Labute approximate surface area is 645 Å². The predicted octanol–water partition coefficient (Wildman–Crippen LogP) is 26.5. The summed E-state index contributed by atoms with van der Waals surface area (Å²) in [6, 6.07) is 0. The Kier molecular flexibility index (Phi) is 78.6. The lowest BCUT2D eigenvalue weighted by Gasteiger charge is -2.21. The molecule has 0 aromatic heterocycles. The van der Waals surface area contributed by atoms with Crippen LogP contribution in [0.3, 0.4) is 0 Å². The van der Waals surface area contributed by atoms with Gasteiger partial charge in [-0.15, -0.1) is 0 Å². The topological polar surface area (TPSA) is 237 Å². The quantitative estimate of drug-likeness (QED) is 0.0222. The first-order valence-electron chi connectivity index (χ1n) is 44.8. The van der Waals surface area contributed by atoms with Gasteiger partial charge in [-0.05, 0) is 25.7 Å². The Hall–Kier alpha value is -1.94. The first-order chi connectivity index (χ1) is 51.2. The van der Waals surface area contributed by atoms with E-state index >= 15 is 0 Å². The average molecular weight is 1540 g/mol. The van der Waals surface area contributed by atoms with Crippen molar-refractivity contribution in [3.63, 3.8) is 0 Å². The van der Waals surface area contributed by atoms with E-state index < -0.39 is 97.5 Å². The Morgan fingerprint density at radius 2 is 0.381 bits per heavy atom. The molecule has 17 nitrogen and oxygen atoms in total. The highest BCUT2D eigenvalue weighted by Crippen LogP contribution is 2.45. The second-order valence-electron chi connectivity index (χ2n) is 30.9. The minimum absolute atomic E-state index is 0.109. The summed E-state index contributed by atoms with van der Waals surface area (Å²) in [5, 5.41) is 10.7. The summed E-state index contributed by atoms with van der Waals surface area (Å²) >= 11 is 0. The van der Waals surface area contributed by atoms with Gasteiger partial charge in [-0.25, -0.2) is 9.13 Å². The Morgan fingerprint density at radius 1 is 0.229 bits per heavy atom. The second kappa shape index (κ2) is 80.1. The van der Waals surface area contributed by atoms with Crippen LogP contribution in [0.1, 0.15) is 471 Å². The van der Waals surface area contributed by atoms with Crippen LogP contribution in [0.4, 0.5) is 0 Å². The highest BCUT2D eigenvalue weighted by molar-refractivity contribution is 7.47. The maximum atomic E-state index is 13.1. The van der Waals surface area contributed by atoms with Crippen LogP contribution in [0.2, 0.25) is 0 Å². The first kappa shape index (κ1) is 103. The van der Waals surface area contributed by atoms with Gasteiger partial charge in [-0.2, -0.15) is 0 Å². The molecule has 2 unspecified atom stereocenters. The molecule has 0 aromatic rings. The fourth-order valence-electron chi connectivity index (χ4n) is 13.5. The van der Waals surface area contributed by atoms with Crippen molar-refractivity contribution < 1.29 is 80.2 Å². The Bertz CT molecular complexity index is 1980. The molecule has 0 aliphatic rings. The summed E-state index contributed by atoms with van der Waals surface area (Å²) in [6.45, 7) is 5.07. The Morgan fingerprint density at radius 3 is 0.562 bits per heavy atom. The largest absolute Gasteiger partial charge is 0.472 e. The van der Waals surface area contributed by atoms with Crippen molar-refractivity contribution in [3.8, 4) is 0 Å². The monoisotopic (exact) mass is 1540 g/mol. The average Bonchev–Trinajstić information content (AvgIpc) is 0.942. The number of carbonyl (C=O) groups excluding carboxylic acids is 4. The molecule has 5 atom stereocenters. The molecular weight excluding hydrogens is 1370 g/mol. The standard InChI is InChI=1S/C86H168O17P2/c1-5-9-13-17-21-25-29-33-36-38-39-40-41-43-45-49-53-57-61-65-69-73-86(91)103-82(77-97-84(89)71-67-63-59-55-51-48-44-42-37-34-30-26-22-18-14-10-6-2)79-101-105(94,95)99-75-80(87)74-98-104(92,93)100-78-81(76-96-83(88)70-66-62-58-54-50-46-32-28-24-20-16-12-8-4)102-85(90)72-68-64-60-56-52-47-35-31-27-23-19-15-11-7-3/h80-82,87H,5-79H2,1-4H3,(H,92,93)(H,94,95)/t80-,81+,82+/m0/s1. The maximum absolute atomic E-state index is 13.1. The van der Waals surface area contributed by atoms with E-state index in [1.807, 2.05) is 0 Å². The van der Waals surface area contributed by atoms with Gasteiger partial charge in [0.2, 0.25) is 0 Å². The summed E-state index contributed by atoms with van der Waals surface area (Å²) in [4.78, 5) is 73.3. The molecule has 0 spiro atoms. The van der Waals surface area contributed by atoms with Crippen molar-refractivity contribution in [1.29, 1.82) is 0 Å². The molecule has 624 valence electrons. The number of aliphatic hydroxyl groups excluding tert-OH is 1. The number of esters is 4. The van der Waals surface area contributed by atoms with Gasteiger partial charge in [0.1, 0.15) is 19.3 Å². The van der Waals surface area contributed by atoms with E-state index in [9.17, 15) is 43.2 Å². The number of phosphoric ester groups is 2. The summed E-state index contributed by atoms with van der Waals surface area (Å²) in [5.41, 5.74) is 0. The number of rotatable bonds is 87. The first-order valence-corrected chi connectivity index (χ1v) is 47.8. The summed E-state index contributed by atoms with van der Waals surface area (Å²) in [7, 11) is -9.93. The van der Waals surface area contributed by atoms with Gasteiger partial charge in [0, 0.05) is 25.7 Å². The normalized spacial score (nSPS) is 13.7. The van der Waals surface area contributed by atoms with Crippen LogP contribution >= 0.6 is 15.6 Å². The second-order valence-corrected chi connectivity index (χ2v) is 33.8. The van der Waals surface area contributed by atoms with Crippen molar-refractivity contribution in [3.05, 3.63) is 0 Å². The minimum atomic E-state index is -4.96. The van der Waals surface area contributed by atoms with E-state index in [1.54, 1.807) is 0 Å². The number of hydrogen-bond donors (Lipinski definition) is 3. The molecule has 0 fully saturated rings. The highest BCUT2D eigenvalue weighted by Gasteiger charge is 2.30. The number of carbonyl (C=O) groups is 4. The summed E-state index contributed by atoms with van der Waals surface area (Å²) in [6.07, 6.45) is 74.9. The molecule has 0 bridgehead atoms. The molecular formula is C86H168O17P2. The number of phosphoric acid groups is 2. The molecule has 0 radical (unpaired) electrons. The van der Waals surface area contributed by atoms with Crippen molar-refractivity contribution in [2.75, 3.05) is 39.6 Å². The molecule has 0 amide bonds. The van der Waals surface area contributed by atoms with E-state index in [-0.39, 0.29) is 25.7 Å². The number of unbranched alkanes of at least 4 members (excludes halogenated alkanes) is 61. The van der Waals surface area contributed by atoms with Crippen LogP contribution in [0, 0.1) is 0 Å². The molecule has 0 saturated heterocycles. The molecule has 105 heavy (non-hydrogen) atoms. The fourth-order valence-corrected chi connectivity index (χ4v) is 15.1. The highest BCUT2D eigenvalue weighted by atomic mass is 31.2. The molecule has 0 heterocycles. The molecule has 0 aliphatic heterocycles.